The van der Waals surface area contributed by atoms with Crippen molar-refractivity contribution in [2.75, 3.05) is 0 Å². The molecule has 1 atom stereocenters. The van der Waals surface area contributed by atoms with Crippen molar-refractivity contribution in [3.63, 3.8) is 0 Å². The molecule has 0 amide bonds. The molecule has 1 heterocycles. The first-order valence-electron chi connectivity index (χ1n) is 3.23. The van der Waals surface area contributed by atoms with Crippen LogP contribution in [0.5, 0.6) is 0 Å². The van der Waals surface area contributed by atoms with E-state index in [0.29, 0.717) is 0 Å². The van der Waals surface area contributed by atoms with Gasteiger partial charge in [-0.2, -0.15) is 0 Å². The summed E-state index contributed by atoms with van der Waals surface area (Å²) in [5.74, 6) is 0. The Morgan fingerprint density at radius 1 is 1.30 bits per heavy atom. The van der Waals surface area contributed by atoms with Crippen LogP contribution in [-0.4, -0.2) is 12.4 Å². The van der Waals surface area contributed by atoms with Crippen molar-refractivity contribution >= 4 is 6.34 Å². The van der Waals surface area contributed by atoms with Crippen LogP contribution < -0.4 is 5.32 Å². The van der Waals surface area contributed by atoms with Gasteiger partial charge in [0, 0.05) is 6.20 Å². The van der Waals surface area contributed by atoms with E-state index in [-0.39, 0.29) is 6.04 Å². The van der Waals surface area contributed by atoms with Crippen molar-refractivity contribution in [1.29, 1.82) is 0 Å². The molecule has 0 aromatic heterocycles. The summed E-state index contributed by atoms with van der Waals surface area (Å²) < 4.78 is 0. The number of hydrogen-bond acceptors (Lipinski definition) is 1. The smallest absolute Gasteiger partial charge is 0.111 e. The third-order valence-corrected chi connectivity index (χ3v) is 1.55. The minimum absolute atomic E-state index is 0.225. The van der Waals surface area contributed by atoms with Gasteiger partial charge in [0.15, 0.2) is 0 Å². The largest absolute Gasteiger partial charge is 0.261 e. The maximum Gasteiger partial charge on any atom is 0.111 e. The molecule has 0 N–H and O–H groups in total. The third-order valence-electron chi connectivity index (χ3n) is 1.55. The second-order valence-electron chi connectivity index (χ2n) is 2.23. The fourth-order valence-corrected chi connectivity index (χ4v) is 1.03. The van der Waals surface area contributed by atoms with Crippen molar-refractivity contribution in [3.05, 3.63) is 36.1 Å². The van der Waals surface area contributed by atoms with Crippen LogP contribution in [0.3, 0.4) is 0 Å². The standard InChI is InChI=1S/C8H7N2/c1-2-4-8-7(3-1)5-9-6-10-8/h1-6,8H. The van der Waals surface area contributed by atoms with Crippen LogP contribution in [0.15, 0.2) is 41.1 Å². The van der Waals surface area contributed by atoms with E-state index in [1.165, 1.54) is 5.57 Å². The van der Waals surface area contributed by atoms with Crippen LogP contribution in [0, 0.1) is 0 Å². The van der Waals surface area contributed by atoms with Crippen molar-refractivity contribution < 1.29 is 0 Å². The second-order valence-corrected chi connectivity index (χ2v) is 2.23. The first kappa shape index (κ1) is 5.47. The van der Waals surface area contributed by atoms with Gasteiger partial charge >= 0.3 is 0 Å². The number of aliphatic imine (C=N–C) groups is 1. The molecule has 0 aromatic rings. The molecule has 0 spiro atoms. The molecule has 0 saturated carbocycles. The van der Waals surface area contributed by atoms with Gasteiger partial charge in [-0.15, -0.1) is 0 Å². The molecule has 2 heteroatoms. The first-order valence-corrected chi connectivity index (χ1v) is 3.23. The Morgan fingerprint density at radius 2 is 2.30 bits per heavy atom. The number of allylic oxidation sites excluding steroid dienone is 2. The zero-order valence-electron chi connectivity index (χ0n) is 5.44. The maximum atomic E-state index is 4.15. The molecule has 1 unspecified atom stereocenters. The summed E-state index contributed by atoms with van der Waals surface area (Å²) in [4.78, 5) is 3.92. The summed E-state index contributed by atoms with van der Waals surface area (Å²) >= 11 is 0. The molecule has 2 rings (SSSR count). The highest BCUT2D eigenvalue weighted by molar-refractivity contribution is 5.61. The number of fused-ring (bicyclic) bond motifs is 1. The zero-order chi connectivity index (χ0) is 6.81. The fourth-order valence-electron chi connectivity index (χ4n) is 1.03. The molecule has 0 aromatic carbocycles. The van der Waals surface area contributed by atoms with Crippen molar-refractivity contribution in [2.45, 2.75) is 6.04 Å². The average Bonchev–Trinajstić information content (AvgIpc) is 2.05. The zero-order valence-corrected chi connectivity index (χ0v) is 5.44. The number of hydrogen-bond donors (Lipinski definition) is 0. The van der Waals surface area contributed by atoms with Crippen LogP contribution in [0.4, 0.5) is 0 Å². The van der Waals surface area contributed by atoms with E-state index >= 15 is 0 Å². The van der Waals surface area contributed by atoms with Crippen LogP contribution in [-0.2, 0) is 0 Å². The average molecular weight is 131 g/mol. The van der Waals surface area contributed by atoms with E-state index in [0.717, 1.165) is 0 Å². The van der Waals surface area contributed by atoms with E-state index < -0.39 is 0 Å². The Kier molecular flexibility index (Phi) is 1.17. The molecule has 2 nitrogen and oxygen atoms in total. The van der Waals surface area contributed by atoms with E-state index in [4.69, 9.17) is 0 Å². The monoisotopic (exact) mass is 131 g/mol. The summed E-state index contributed by atoms with van der Waals surface area (Å²) in [7, 11) is 0. The van der Waals surface area contributed by atoms with Gasteiger partial charge in [0.25, 0.3) is 0 Å². The molecular formula is C8H7N2. The number of nitrogens with zero attached hydrogens (tertiary/aromatic N) is 2. The lowest BCUT2D eigenvalue weighted by molar-refractivity contribution is 0.826. The Hall–Kier alpha value is -1.31. The lowest BCUT2D eigenvalue weighted by Gasteiger charge is -2.15. The molecule has 49 valence electrons. The predicted molar refractivity (Wildman–Crippen MR) is 40.8 cm³/mol. The maximum absolute atomic E-state index is 4.15. The lowest BCUT2D eigenvalue weighted by atomic mass is 10.0. The Morgan fingerprint density at radius 3 is 3.20 bits per heavy atom. The predicted octanol–water partition coefficient (Wildman–Crippen LogP) is 1.01. The molecular weight excluding hydrogens is 124 g/mol. The van der Waals surface area contributed by atoms with Crippen molar-refractivity contribution in [3.8, 4) is 0 Å². The van der Waals surface area contributed by atoms with E-state index in [2.05, 4.69) is 16.4 Å². The molecule has 1 aliphatic carbocycles. The SMILES string of the molecule is C1=CC2=CN=C[N]C2C=C1. The summed E-state index contributed by atoms with van der Waals surface area (Å²) in [5, 5.41) is 4.15. The normalized spacial score (nSPS) is 27.2. The Balaban J connectivity index is 2.34. The van der Waals surface area contributed by atoms with E-state index in [1.54, 1.807) is 6.34 Å². The van der Waals surface area contributed by atoms with Crippen molar-refractivity contribution in [1.82, 2.24) is 5.32 Å². The van der Waals surface area contributed by atoms with Crippen LogP contribution in [0.2, 0.25) is 0 Å². The van der Waals surface area contributed by atoms with Gasteiger partial charge in [-0.3, -0.25) is 5.32 Å². The van der Waals surface area contributed by atoms with Gasteiger partial charge in [-0.05, 0) is 5.57 Å². The minimum Gasteiger partial charge on any atom is -0.261 e. The summed E-state index contributed by atoms with van der Waals surface area (Å²) in [6.45, 7) is 0. The van der Waals surface area contributed by atoms with Gasteiger partial charge in [0.2, 0.25) is 0 Å². The topological polar surface area (TPSA) is 26.5 Å². The second kappa shape index (κ2) is 2.14. The third kappa shape index (κ3) is 0.778. The quantitative estimate of drug-likeness (QED) is 0.469. The fraction of sp³-hybridized carbons (Fsp3) is 0.125. The highest BCUT2D eigenvalue weighted by Gasteiger charge is 2.12. The van der Waals surface area contributed by atoms with Gasteiger partial charge in [-0.1, -0.05) is 24.3 Å². The summed E-state index contributed by atoms with van der Waals surface area (Å²) in [6, 6.07) is 0.225. The van der Waals surface area contributed by atoms with Crippen molar-refractivity contribution in [2.24, 2.45) is 4.99 Å². The number of rotatable bonds is 0. The van der Waals surface area contributed by atoms with E-state index in [9.17, 15) is 0 Å². The summed E-state index contributed by atoms with van der Waals surface area (Å²) in [5.41, 5.74) is 1.17. The molecule has 10 heavy (non-hydrogen) atoms. The minimum atomic E-state index is 0.225. The molecule has 1 radical (unpaired) electrons. The molecule has 2 aliphatic rings. The Bertz CT molecular complexity index is 246. The van der Waals surface area contributed by atoms with Gasteiger partial charge in [0.1, 0.15) is 6.34 Å². The molecule has 1 aliphatic heterocycles. The molecule has 0 saturated heterocycles. The first-order chi connectivity index (χ1) is 4.97. The molecule has 0 bridgehead atoms. The Labute approximate surface area is 59.7 Å². The van der Waals surface area contributed by atoms with Gasteiger partial charge < -0.3 is 0 Å². The van der Waals surface area contributed by atoms with Crippen LogP contribution in [0.1, 0.15) is 0 Å². The highest BCUT2D eigenvalue weighted by Crippen LogP contribution is 2.13. The van der Waals surface area contributed by atoms with Gasteiger partial charge in [-0.25, -0.2) is 4.99 Å². The van der Waals surface area contributed by atoms with Crippen LogP contribution in [0.25, 0.3) is 0 Å². The van der Waals surface area contributed by atoms with Crippen LogP contribution >= 0.6 is 0 Å². The highest BCUT2D eigenvalue weighted by atomic mass is 15.0. The van der Waals surface area contributed by atoms with E-state index in [1.807, 2.05) is 24.4 Å². The molecule has 0 fully saturated rings. The lowest BCUT2D eigenvalue weighted by Crippen LogP contribution is -2.23. The van der Waals surface area contributed by atoms with Gasteiger partial charge in [0.05, 0.1) is 6.04 Å². The summed E-state index contributed by atoms with van der Waals surface area (Å²) in [6.07, 6.45) is 11.5.